The molecule has 1 saturated carbocycles. The Hall–Kier alpha value is -0.300. The molecule has 3 unspecified atom stereocenters. The van der Waals surface area contributed by atoms with E-state index in [9.17, 15) is 0 Å². The van der Waals surface area contributed by atoms with E-state index in [4.69, 9.17) is 0 Å². The Kier molecular flexibility index (Phi) is 6.00. The predicted molar refractivity (Wildman–Crippen MR) is 68.1 cm³/mol. The summed E-state index contributed by atoms with van der Waals surface area (Å²) in [5.41, 5.74) is 0. The van der Waals surface area contributed by atoms with Crippen molar-refractivity contribution >= 4 is 0 Å². The third-order valence-electron chi connectivity index (χ3n) is 3.71. The van der Waals surface area contributed by atoms with E-state index in [-0.39, 0.29) is 0 Å². The van der Waals surface area contributed by atoms with E-state index in [0.29, 0.717) is 6.04 Å². The second kappa shape index (κ2) is 7.05. The maximum atomic E-state index is 3.80. The van der Waals surface area contributed by atoms with Gasteiger partial charge in [-0.25, -0.2) is 0 Å². The summed E-state index contributed by atoms with van der Waals surface area (Å²) in [4.78, 5) is 0. The lowest BCUT2D eigenvalue weighted by molar-refractivity contribution is 0.396. The predicted octanol–water partition coefficient (Wildman–Crippen LogP) is 3.90. The first-order valence-corrected chi connectivity index (χ1v) is 6.63. The number of nitrogens with one attached hydrogen (secondary N) is 1. The molecule has 1 fully saturated rings. The van der Waals surface area contributed by atoms with Crippen LogP contribution in [0.25, 0.3) is 0 Å². The van der Waals surface area contributed by atoms with E-state index in [2.05, 4.69) is 25.7 Å². The maximum Gasteiger partial charge on any atom is 0.00757 e. The Bertz CT molecular complexity index is 176. The van der Waals surface area contributed by atoms with Gasteiger partial charge in [-0.15, -0.1) is 6.58 Å². The normalized spacial score (nSPS) is 29.5. The second-order valence-electron chi connectivity index (χ2n) is 5.07. The molecule has 0 saturated heterocycles. The SMILES string of the molecule is C=CCC(C)NC1CCCC(CC)CC1. The molecule has 0 radical (unpaired) electrons. The van der Waals surface area contributed by atoms with Crippen molar-refractivity contribution in [2.24, 2.45) is 5.92 Å². The van der Waals surface area contributed by atoms with E-state index >= 15 is 0 Å². The van der Waals surface area contributed by atoms with Crippen LogP contribution in [0.5, 0.6) is 0 Å². The molecule has 1 rings (SSSR count). The van der Waals surface area contributed by atoms with Crippen LogP contribution in [-0.2, 0) is 0 Å². The minimum Gasteiger partial charge on any atom is -0.311 e. The molecule has 1 N–H and O–H groups in total. The second-order valence-corrected chi connectivity index (χ2v) is 5.07. The molecule has 1 aliphatic rings. The highest BCUT2D eigenvalue weighted by Gasteiger charge is 2.18. The number of hydrogen-bond donors (Lipinski definition) is 1. The van der Waals surface area contributed by atoms with Crippen molar-refractivity contribution in [2.45, 2.75) is 70.9 Å². The lowest BCUT2D eigenvalue weighted by Gasteiger charge is -2.21. The van der Waals surface area contributed by atoms with Crippen molar-refractivity contribution in [1.29, 1.82) is 0 Å². The molecule has 0 heterocycles. The van der Waals surface area contributed by atoms with Crippen LogP contribution in [0, 0.1) is 5.92 Å². The third-order valence-corrected chi connectivity index (χ3v) is 3.71. The van der Waals surface area contributed by atoms with E-state index in [1.54, 1.807) is 0 Å². The average molecular weight is 209 g/mol. The Morgan fingerprint density at radius 3 is 2.80 bits per heavy atom. The molecule has 0 amide bonds. The highest BCUT2D eigenvalue weighted by Crippen LogP contribution is 2.25. The van der Waals surface area contributed by atoms with Gasteiger partial charge in [0.1, 0.15) is 0 Å². The van der Waals surface area contributed by atoms with Crippen LogP contribution in [-0.4, -0.2) is 12.1 Å². The monoisotopic (exact) mass is 209 g/mol. The molecule has 0 aromatic rings. The topological polar surface area (TPSA) is 12.0 Å². The van der Waals surface area contributed by atoms with Crippen molar-refractivity contribution in [3.8, 4) is 0 Å². The Balaban J connectivity index is 2.27. The summed E-state index contributed by atoms with van der Waals surface area (Å²) in [6, 6.07) is 1.36. The van der Waals surface area contributed by atoms with Crippen molar-refractivity contribution in [3.63, 3.8) is 0 Å². The van der Waals surface area contributed by atoms with Crippen LogP contribution >= 0.6 is 0 Å². The Morgan fingerprint density at radius 2 is 2.13 bits per heavy atom. The molecule has 1 heteroatoms. The first kappa shape index (κ1) is 12.8. The van der Waals surface area contributed by atoms with Gasteiger partial charge < -0.3 is 5.32 Å². The quantitative estimate of drug-likeness (QED) is 0.535. The summed E-state index contributed by atoms with van der Waals surface area (Å²) in [5, 5.41) is 3.73. The zero-order valence-electron chi connectivity index (χ0n) is 10.5. The fraction of sp³-hybridized carbons (Fsp3) is 0.857. The highest BCUT2D eigenvalue weighted by atomic mass is 14.9. The Labute approximate surface area is 95.3 Å². The molecule has 15 heavy (non-hydrogen) atoms. The van der Waals surface area contributed by atoms with Crippen LogP contribution in [0.4, 0.5) is 0 Å². The van der Waals surface area contributed by atoms with E-state index < -0.39 is 0 Å². The van der Waals surface area contributed by atoms with E-state index in [1.165, 1.54) is 38.5 Å². The van der Waals surface area contributed by atoms with Crippen LogP contribution in [0.3, 0.4) is 0 Å². The smallest absolute Gasteiger partial charge is 0.00757 e. The summed E-state index contributed by atoms with van der Waals surface area (Å²) >= 11 is 0. The zero-order chi connectivity index (χ0) is 11.1. The molecule has 1 aliphatic carbocycles. The van der Waals surface area contributed by atoms with Crippen LogP contribution in [0.15, 0.2) is 12.7 Å². The molecule has 0 spiro atoms. The van der Waals surface area contributed by atoms with Gasteiger partial charge in [0.05, 0.1) is 0 Å². The number of rotatable bonds is 5. The van der Waals surface area contributed by atoms with Gasteiger partial charge in [-0.2, -0.15) is 0 Å². The van der Waals surface area contributed by atoms with Crippen molar-refractivity contribution in [2.75, 3.05) is 0 Å². The fourth-order valence-corrected chi connectivity index (χ4v) is 2.67. The van der Waals surface area contributed by atoms with Crippen LogP contribution < -0.4 is 5.32 Å². The van der Waals surface area contributed by atoms with Crippen LogP contribution in [0.2, 0.25) is 0 Å². The molecule has 0 aliphatic heterocycles. The van der Waals surface area contributed by atoms with Gasteiger partial charge in [0.2, 0.25) is 0 Å². The first-order valence-electron chi connectivity index (χ1n) is 6.63. The minimum atomic E-state index is 0.602. The van der Waals surface area contributed by atoms with Crippen molar-refractivity contribution in [1.82, 2.24) is 5.32 Å². The standard InChI is InChI=1S/C14H27N/c1-4-7-12(3)15-14-9-6-8-13(5-2)10-11-14/h4,12-15H,1,5-11H2,2-3H3. The Morgan fingerprint density at radius 1 is 1.33 bits per heavy atom. The van der Waals surface area contributed by atoms with Gasteiger partial charge in [0, 0.05) is 12.1 Å². The maximum absolute atomic E-state index is 3.80. The van der Waals surface area contributed by atoms with E-state index in [0.717, 1.165) is 18.4 Å². The summed E-state index contributed by atoms with van der Waals surface area (Å²) in [6.45, 7) is 8.40. The number of hydrogen-bond acceptors (Lipinski definition) is 1. The lowest BCUT2D eigenvalue weighted by atomic mass is 9.97. The van der Waals surface area contributed by atoms with Crippen molar-refractivity contribution in [3.05, 3.63) is 12.7 Å². The third kappa shape index (κ3) is 4.83. The largest absolute Gasteiger partial charge is 0.311 e. The van der Waals surface area contributed by atoms with Gasteiger partial charge in [0.25, 0.3) is 0 Å². The van der Waals surface area contributed by atoms with Gasteiger partial charge >= 0.3 is 0 Å². The molecule has 88 valence electrons. The first-order chi connectivity index (χ1) is 7.26. The van der Waals surface area contributed by atoms with Gasteiger partial charge in [-0.05, 0) is 38.5 Å². The molecular formula is C14H27N. The summed E-state index contributed by atoms with van der Waals surface area (Å²) in [7, 11) is 0. The molecule has 0 aromatic heterocycles. The molecule has 0 aromatic carbocycles. The van der Waals surface area contributed by atoms with E-state index in [1.807, 2.05) is 6.08 Å². The highest BCUT2D eigenvalue weighted by molar-refractivity contribution is 4.80. The molecular weight excluding hydrogens is 182 g/mol. The zero-order valence-corrected chi connectivity index (χ0v) is 10.5. The van der Waals surface area contributed by atoms with Gasteiger partial charge in [-0.1, -0.05) is 32.3 Å². The lowest BCUT2D eigenvalue weighted by Crippen LogP contribution is -2.35. The van der Waals surface area contributed by atoms with Gasteiger partial charge in [-0.3, -0.25) is 0 Å². The van der Waals surface area contributed by atoms with Gasteiger partial charge in [0.15, 0.2) is 0 Å². The molecule has 1 nitrogen and oxygen atoms in total. The summed E-state index contributed by atoms with van der Waals surface area (Å²) in [6.07, 6.45) is 11.5. The summed E-state index contributed by atoms with van der Waals surface area (Å²) in [5.74, 6) is 0.992. The molecule has 0 bridgehead atoms. The molecule has 3 atom stereocenters. The average Bonchev–Trinajstić information content (AvgIpc) is 2.43. The summed E-state index contributed by atoms with van der Waals surface area (Å²) < 4.78 is 0. The van der Waals surface area contributed by atoms with Crippen molar-refractivity contribution < 1.29 is 0 Å². The minimum absolute atomic E-state index is 0.602. The fourth-order valence-electron chi connectivity index (χ4n) is 2.67. The van der Waals surface area contributed by atoms with Crippen LogP contribution in [0.1, 0.15) is 58.8 Å².